The van der Waals surface area contributed by atoms with Gasteiger partial charge in [-0.1, -0.05) is 6.92 Å². The molecule has 0 aromatic carbocycles. The largest absolute Gasteiger partial charge is 0.370 e. The van der Waals surface area contributed by atoms with Crippen LogP contribution in [-0.2, 0) is 9.84 Å². The van der Waals surface area contributed by atoms with E-state index in [-0.39, 0.29) is 11.5 Å². The Morgan fingerprint density at radius 3 is 2.73 bits per heavy atom. The van der Waals surface area contributed by atoms with Crippen LogP contribution in [0.2, 0.25) is 0 Å². The summed E-state index contributed by atoms with van der Waals surface area (Å²) in [5, 5.41) is 3.13. The average Bonchev–Trinajstić information content (AvgIpc) is 2.94. The van der Waals surface area contributed by atoms with Gasteiger partial charge in [0, 0.05) is 32.2 Å². The number of hydrogen-bond acceptors (Lipinski definition) is 5. The van der Waals surface area contributed by atoms with E-state index in [1.807, 2.05) is 0 Å². The molecule has 0 aromatic heterocycles. The van der Waals surface area contributed by atoms with Gasteiger partial charge in [0.15, 0.2) is 15.8 Å². The fraction of sp³-hybridized carbons (Fsp3) is 0.929. The second kappa shape index (κ2) is 8.12. The molecule has 2 rings (SSSR count). The van der Waals surface area contributed by atoms with Gasteiger partial charge in [0.2, 0.25) is 0 Å². The molecule has 2 fully saturated rings. The highest BCUT2D eigenvalue weighted by atomic mass is 32.2. The van der Waals surface area contributed by atoms with E-state index < -0.39 is 9.84 Å². The van der Waals surface area contributed by atoms with Crippen molar-refractivity contribution in [2.75, 3.05) is 57.3 Å². The van der Waals surface area contributed by atoms with Crippen molar-refractivity contribution in [1.82, 2.24) is 15.1 Å². The molecule has 1 atom stereocenters. The Hall–Kier alpha value is -0.860. The lowest BCUT2D eigenvalue weighted by Crippen LogP contribution is -2.45. The lowest BCUT2D eigenvalue weighted by molar-refractivity contribution is 0.273. The summed E-state index contributed by atoms with van der Waals surface area (Å²) >= 11 is 0. The normalized spacial score (nSPS) is 27.1. The highest BCUT2D eigenvalue weighted by Gasteiger charge is 2.22. The van der Waals surface area contributed by atoms with E-state index >= 15 is 0 Å². The van der Waals surface area contributed by atoms with Crippen molar-refractivity contribution in [3.05, 3.63) is 0 Å². The van der Waals surface area contributed by atoms with Gasteiger partial charge in [-0.05, 0) is 25.9 Å². The summed E-state index contributed by atoms with van der Waals surface area (Å²) < 4.78 is 22.7. The minimum atomic E-state index is -2.80. The number of rotatable bonds is 6. The number of nitrogens with one attached hydrogen (secondary N) is 1. The summed E-state index contributed by atoms with van der Waals surface area (Å²) in [4.78, 5) is 9.04. The van der Waals surface area contributed by atoms with E-state index in [4.69, 9.17) is 5.73 Å². The molecular weight excluding hydrogens is 302 g/mol. The maximum absolute atomic E-state index is 11.4. The maximum atomic E-state index is 11.4. The Balaban J connectivity index is 1.63. The number of nitrogens with zero attached hydrogens (tertiary/aromatic N) is 3. The summed E-state index contributed by atoms with van der Waals surface area (Å²) in [5.41, 5.74) is 5.90. The van der Waals surface area contributed by atoms with Gasteiger partial charge in [0.1, 0.15) is 0 Å². The molecule has 0 bridgehead atoms. The molecule has 0 amide bonds. The molecule has 2 heterocycles. The second-order valence-corrected chi connectivity index (χ2v) is 8.37. The van der Waals surface area contributed by atoms with Crippen LogP contribution in [0.1, 0.15) is 19.8 Å². The smallest absolute Gasteiger partial charge is 0.188 e. The second-order valence-electron chi connectivity index (χ2n) is 6.07. The van der Waals surface area contributed by atoms with E-state index in [1.165, 1.54) is 19.4 Å². The number of sulfone groups is 1. The van der Waals surface area contributed by atoms with Crippen LogP contribution in [0.25, 0.3) is 0 Å². The van der Waals surface area contributed by atoms with Crippen molar-refractivity contribution in [3.8, 4) is 0 Å². The van der Waals surface area contributed by atoms with Crippen molar-refractivity contribution >= 4 is 15.8 Å². The first-order valence-corrected chi connectivity index (χ1v) is 10.0. The van der Waals surface area contributed by atoms with E-state index in [1.54, 1.807) is 0 Å². The third-order valence-electron chi connectivity index (χ3n) is 4.55. The number of likely N-dealkylation sites (N-methyl/N-ethyl adjacent to an activating group) is 1. The molecule has 22 heavy (non-hydrogen) atoms. The molecule has 1 unspecified atom stereocenters. The van der Waals surface area contributed by atoms with Gasteiger partial charge >= 0.3 is 0 Å². The minimum absolute atomic E-state index is 0.269. The molecule has 0 spiro atoms. The van der Waals surface area contributed by atoms with E-state index in [9.17, 15) is 8.42 Å². The van der Waals surface area contributed by atoms with Gasteiger partial charge in [-0.25, -0.2) is 8.42 Å². The standard InChI is InChI=1S/C14H29N5O2S/c1-2-19-6-3-4-13(19)12-17-14(15)16-5-7-18-8-10-22(20,21)11-9-18/h13H,2-12H2,1H3,(H3,15,16,17). The fourth-order valence-corrected chi connectivity index (χ4v) is 4.37. The van der Waals surface area contributed by atoms with E-state index in [0.29, 0.717) is 31.6 Å². The van der Waals surface area contributed by atoms with Crippen LogP contribution in [-0.4, -0.2) is 87.5 Å². The molecule has 0 saturated carbocycles. The van der Waals surface area contributed by atoms with Crippen molar-refractivity contribution in [2.24, 2.45) is 10.7 Å². The number of hydrogen-bond donors (Lipinski definition) is 2. The number of guanidine groups is 1. The zero-order chi connectivity index (χ0) is 16.0. The molecule has 0 aliphatic carbocycles. The molecule has 2 saturated heterocycles. The van der Waals surface area contributed by atoms with Crippen LogP contribution < -0.4 is 11.1 Å². The first kappa shape index (κ1) is 17.5. The highest BCUT2D eigenvalue weighted by Crippen LogP contribution is 2.16. The Morgan fingerprint density at radius 1 is 1.32 bits per heavy atom. The summed E-state index contributed by atoms with van der Waals surface area (Å²) in [5.74, 6) is 1.03. The van der Waals surface area contributed by atoms with Gasteiger partial charge in [-0.15, -0.1) is 0 Å². The molecule has 2 aliphatic rings. The third-order valence-corrected chi connectivity index (χ3v) is 6.16. The predicted molar refractivity (Wildman–Crippen MR) is 89.9 cm³/mol. The van der Waals surface area contributed by atoms with Gasteiger partial charge in [-0.2, -0.15) is 0 Å². The summed E-state index contributed by atoms with van der Waals surface area (Å²) in [6, 6.07) is 0.526. The first-order chi connectivity index (χ1) is 10.5. The molecule has 2 aliphatic heterocycles. The molecule has 8 heteroatoms. The lowest BCUT2D eigenvalue weighted by atomic mass is 10.2. The quantitative estimate of drug-likeness (QED) is 0.484. The molecule has 0 radical (unpaired) electrons. The van der Waals surface area contributed by atoms with E-state index in [0.717, 1.165) is 19.6 Å². The summed E-state index contributed by atoms with van der Waals surface area (Å²) in [6.45, 7) is 7.93. The van der Waals surface area contributed by atoms with Crippen LogP contribution in [0, 0.1) is 0 Å². The van der Waals surface area contributed by atoms with Crippen LogP contribution in [0.15, 0.2) is 4.99 Å². The van der Waals surface area contributed by atoms with Crippen molar-refractivity contribution in [1.29, 1.82) is 0 Å². The van der Waals surface area contributed by atoms with Crippen LogP contribution in [0.3, 0.4) is 0 Å². The maximum Gasteiger partial charge on any atom is 0.188 e. The number of aliphatic imine (C=N–C) groups is 1. The Morgan fingerprint density at radius 2 is 2.05 bits per heavy atom. The first-order valence-electron chi connectivity index (χ1n) is 8.21. The van der Waals surface area contributed by atoms with Crippen molar-refractivity contribution < 1.29 is 8.42 Å². The van der Waals surface area contributed by atoms with E-state index in [2.05, 4.69) is 27.0 Å². The Kier molecular flexibility index (Phi) is 6.46. The van der Waals surface area contributed by atoms with Gasteiger partial charge in [0.25, 0.3) is 0 Å². The Bertz CT molecular complexity index is 466. The van der Waals surface area contributed by atoms with Crippen molar-refractivity contribution in [2.45, 2.75) is 25.8 Å². The monoisotopic (exact) mass is 331 g/mol. The highest BCUT2D eigenvalue weighted by molar-refractivity contribution is 7.91. The zero-order valence-corrected chi connectivity index (χ0v) is 14.3. The predicted octanol–water partition coefficient (Wildman–Crippen LogP) is -0.895. The Labute approximate surface area is 133 Å². The topological polar surface area (TPSA) is 91.0 Å². The minimum Gasteiger partial charge on any atom is -0.370 e. The van der Waals surface area contributed by atoms with Crippen LogP contribution in [0.5, 0.6) is 0 Å². The number of nitrogens with two attached hydrogens (primary N) is 1. The average molecular weight is 331 g/mol. The summed E-state index contributed by atoms with van der Waals surface area (Å²) in [7, 11) is -2.80. The summed E-state index contributed by atoms with van der Waals surface area (Å²) in [6.07, 6.45) is 2.45. The zero-order valence-electron chi connectivity index (χ0n) is 13.5. The lowest BCUT2D eigenvalue weighted by Gasteiger charge is -2.26. The molecule has 128 valence electrons. The van der Waals surface area contributed by atoms with Gasteiger partial charge in [0.05, 0.1) is 18.1 Å². The fourth-order valence-electron chi connectivity index (χ4n) is 3.09. The van der Waals surface area contributed by atoms with Gasteiger partial charge < -0.3 is 11.1 Å². The number of likely N-dealkylation sites (tertiary alicyclic amines) is 1. The SMILES string of the molecule is CCN1CCCC1CN=C(N)NCCN1CCS(=O)(=O)CC1. The molecule has 3 N–H and O–H groups in total. The van der Waals surface area contributed by atoms with Crippen molar-refractivity contribution in [3.63, 3.8) is 0 Å². The molecule has 7 nitrogen and oxygen atoms in total. The molecular formula is C14H29N5O2S. The van der Waals surface area contributed by atoms with Crippen LogP contribution in [0.4, 0.5) is 0 Å². The van der Waals surface area contributed by atoms with Gasteiger partial charge in [-0.3, -0.25) is 14.8 Å². The third kappa shape index (κ3) is 5.40. The molecule has 0 aromatic rings. The van der Waals surface area contributed by atoms with Crippen LogP contribution >= 0.6 is 0 Å².